The predicted molar refractivity (Wildman–Crippen MR) is 115 cm³/mol. The monoisotopic (exact) mass is 437 g/mol. The van der Waals surface area contributed by atoms with Gasteiger partial charge < -0.3 is 14.4 Å². The molecule has 1 unspecified atom stereocenters. The van der Waals surface area contributed by atoms with E-state index in [4.69, 9.17) is 21.1 Å². The van der Waals surface area contributed by atoms with Gasteiger partial charge in [-0.1, -0.05) is 23.7 Å². The van der Waals surface area contributed by atoms with Crippen molar-refractivity contribution in [1.29, 1.82) is 0 Å². The molecular formula is C22H28ClNO4S. The molecule has 2 atom stereocenters. The minimum atomic E-state index is -3.18. The maximum absolute atomic E-state index is 11.6. The average Bonchev–Trinajstić information content (AvgIpc) is 2.70. The van der Waals surface area contributed by atoms with E-state index in [0.29, 0.717) is 23.2 Å². The fraction of sp³-hybridized carbons (Fsp3) is 0.455. The van der Waals surface area contributed by atoms with Gasteiger partial charge in [-0.3, -0.25) is 0 Å². The van der Waals surface area contributed by atoms with E-state index in [0.717, 1.165) is 43.1 Å². The largest absolute Gasteiger partial charge is 0.493 e. The van der Waals surface area contributed by atoms with E-state index >= 15 is 0 Å². The van der Waals surface area contributed by atoms with Crippen LogP contribution in [0, 0.1) is 5.92 Å². The highest BCUT2D eigenvalue weighted by molar-refractivity contribution is 7.90. The number of benzene rings is 2. The molecule has 1 fully saturated rings. The number of hydrogen-bond donors (Lipinski definition) is 0. The van der Waals surface area contributed by atoms with Gasteiger partial charge in [-0.2, -0.15) is 0 Å². The van der Waals surface area contributed by atoms with Crippen molar-refractivity contribution in [3.05, 3.63) is 59.1 Å². The van der Waals surface area contributed by atoms with Crippen LogP contribution in [0.1, 0.15) is 24.5 Å². The molecule has 0 saturated carbocycles. The van der Waals surface area contributed by atoms with Crippen LogP contribution in [-0.4, -0.2) is 52.9 Å². The van der Waals surface area contributed by atoms with Gasteiger partial charge in [0, 0.05) is 37.4 Å². The SMILES string of the molecule is COC(CN1CCC[C@H](COc2ccc(S(C)(=O)=O)cc2)C1)c1cccc(Cl)c1. The molecule has 2 aromatic rings. The van der Waals surface area contributed by atoms with Crippen molar-refractivity contribution in [2.75, 3.05) is 39.6 Å². The van der Waals surface area contributed by atoms with E-state index in [2.05, 4.69) is 4.90 Å². The zero-order valence-electron chi connectivity index (χ0n) is 16.9. The fourth-order valence-electron chi connectivity index (χ4n) is 3.71. The van der Waals surface area contributed by atoms with Gasteiger partial charge in [0.05, 0.1) is 17.6 Å². The van der Waals surface area contributed by atoms with E-state index in [1.807, 2.05) is 24.3 Å². The summed E-state index contributed by atoms with van der Waals surface area (Å²) in [4.78, 5) is 2.72. The molecule has 7 heteroatoms. The summed E-state index contributed by atoms with van der Waals surface area (Å²) in [5.74, 6) is 1.12. The Balaban J connectivity index is 1.53. The predicted octanol–water partition coefficient (Wildman–Crippen LogP) is 4.22. The Bertz CT molecular complexity index is 901. The van der Waals surface area contributed by atoms with E-state index in [9.17, 15) is 8.42 Å². The van der Waals surface area contributed by atoms with E-state index in [-0.39, 0.29) is 6.10 Å². The quantitative estimate of drug-likeness (QED) is 0.618. The van der Waals surface area contributed by atoms with E-state index < -0.39 is 9.84 Å². The van der Waals surface area contributed by atoms with Crippen molar-refractivity contribution in [2.24, 2.45) is 5.92 Å². The van der Waals surface area contributed by atoms with Crippen LogP contribution in [-0.2, 0) is 14.6 Å². The highest BCUT2D eigenvalue weighted by Crippen LogP contribution is 2.25. The topological polar surface area (TPSA) is 55.8 Å². The molecule has 1 aliphatic rings. The number of ether oxygens (including phenoxy) is 2. The van der Waals surface area contributed by atoms with Gasteiger partial charge >= 0.3 is 0 Å². The first-order valence-electron chi connectivity index (χ1n) is 9.78. The van der Waals surface area contributed by atoms with Crippen molar-refractivity contribution >= 4 is 21.4 Å². The summed E-state index contributed by atoms with van der Waals surface area (Å²) in [5.41, 5.74) is 1.09. The third-order valence-electron chi connectivity index (χ3n) is 5.27. The van der Waals surface area contributed by atoms with E-state index in [1.54, 1.807) is 31.4 Å². The summed E-state index contributed by atoms with van der Waals surface area (Å²) in [6, 6.07) is 14.4. The number of rotatable bonds is 8. The smallest absolute Gasteiger partial charge is 0.175 e. The molecule has 29 heavy (non-hydrogen) atoms. The van der Waals surface area contributed by atoms with Gasteiger partial charge in [0.25, 0.3) is 0 Å². The normalized spacial score (nSPS) is 19.1. The molecule has 158 valence electrons. The summed E-state index contributed by atoms with van der Waals surface area (Å²) in [6.07, 6.45) is 3.42. The third-order valence-corrected chi connectivity index (χ3v) is 6.63. The van der Waals surface area contributed by atoms with Crippen LogP contribution < -0.4 is 4.74 Å². The van der Waals surface area contributed by atoms with Gasteiger partial charge in [-0.15, -0.1) is 0 Å². The van der Waals surface area contributed by atoms with Crippen LogP contribution >= 0.6 is 11.6 Å². The zero-order chi connectivity index (χ0) is 20.9. The van der Waals surface area contributed by atoms with Crippen LogP contribution in [0.4, 0.5) is 0 Å². The standard InChI is InChI=1S/C22H28ClNO4S/c1-27-22(18-6-3-7-19(23)13-18)15-24-12-4-5-17(14-24)16-28-20-8-10-21(11-9-20)29(2,25)26/h3,6-11,13,17,22H,4-5,12,14-16H2,1-2H3/t17-,22?/m0/s1. The zero-order valence-corrected chi connectivity index (χ0v) is 18.5. The van der Waals surface area contributed by atoms with Gasteiger partial charge in [0.1, 0.15) is 5.75 Å². The second-order valence-corrected chi connectivity index (χ2v) is 10.1. The summed E-state index contributed by atoms with van der Waals surface area (Å²) in [5, 5.41) is 0.719. The first-order chi connectivity index (χ1) is 13.8. The Hall–Kier alpha value is -1.60. The highest BCUT2D eigenvalue weighted by Gasteiger charge is 2.24. The van der Waals surface area contributed by atoms with Crippen molar-refractivity contribution in [3.63, 3.8) is 0 Å². The lowest BCUT2D eigenvalue weighted by Crippen LogP contribution is -2.40. The van der Waals surface area contributed by atoms with Gasteiger partial charge in [0.15, 0.2) is 9.84 Å². The second kappa shape index (κ2) is 9.94. The Morgan fingerprint density at radius 2 is 1.97 bits per heavy atom. The van der Waals surface area contributed by atoms with Crippen LogP contribution in [0.25, 0.3) is 0 Å². The minimum absolute atomic E-state index is 0.0168. The number of sulfone groups is 1. The summed E-state index contributed by atoms with van der Waals surface area (Å²) in [7, 11) is -1.45. The molecule has 3 rings (SSSR count). The van der Waals surface area contributed by atoms with Crippen LogP contribution in [0.3, 0.4) is 0 Å². The van der Waals surface area contributed by atoms with Crippen LogP contribution in [0.2, 0.25) is 5.02 Å². The molecule has 0 N–H and O–H groups in total. The van der Waals surface area contributed by atoms with Crippen molar-refractivity contribution in [3.8, 4) is 5.75 Å². The number of nitrogens with zero attached hydrogens (tertiary/aromatic N) is 1. The molecule has 0 amide bonds. The Kier molecular flexibility index (Phi) is 7.57. The molecule has 1 aliphatic heterocycles. The summed E-state index contributed by atoms with van der Waals surface area (Å²) < 4.78 is 34.8. The number of methoxy groups -OCH3 is 1. The summed E-state index contributed by atoms with van der Waals surface area (Å²) >= 11 is 6.13. The van der Waals surface area contributed by atoms with Crippen LogP contribution in [0.5, 0.6) is 5.75 Å². The lowest BCUT2D eigenvalue weighted by molar-refractivity contribution is 0.0410. The molecule has 1 saturated heterocycles. The summed E-state index contributed by atoms with van der Waals surface area (Å²) in [6.45, 7) is 3.42. The lowest BCUT2D eigenvalue weighted by Gasteiger charge is -2.34. The Morgan fingerprint density at radius 1 is 1.21 bits per heavy atom. The average molecular weight is 438 g/mol. The van der Waals surface area contributed by atoms with Crippen molar-refractivity contribution in [1.82, 2.24) is 4.90 Å². The first kappa shape index (κ1) is 22.1. The minimum Gasteiger partial charge on any atom is -0.493 e. The Morgan fingerprint density at radius 3 is 2.62 bits per heavy atom. The molecule has 0 radical (unpaired) electrons. The second-order valence-electron chi connectivity index (χ2n) is 7.60. The van der Waals surface area contributed by atoms with Crippen LogP contribution in [0.15, 0.2) is 53.4 Å². The molecule has 0 aliphatic carbocycles. The van der Waals surface area contributed by atoms with Crippen molar-refractivity contribution < 1.29 is 17.9 Å². The molecule has 0 bridgehead atoms. The molecular weight excluding hydrogens is 410 g/mol. The number of halogens is 1. The molecule has 0 spiro atoms. The number of likely N-dealkylation sites (tertiary alicyclic amines) is 1. The Labute approximate surface area is 178 Å². The lowest BCUT2D eigenvalue weighted by atomic mass is 9.98. The van der Waals surface area contributed by atoms with E-state index in [1.165, 1.54) is 6.26 Å². The maximum atomic E-state index is 11.6. The number of piperidine rings is 1. The van der Waals surface area contributed by atoms with Gasteiger partial charge in [-0.05, 0) is 61.3 Å². The van der Waals surface area contributed by atoms with Gasteiger partial charge in [0.2, 0.25) is 0 Å². The fourth-order valence-corrected chi connectivity index (χ4v) is 4.54. The van der Waals surface area contributed by atoms with Gasteiger partial charge in [-0.25, -0.2) is 8.42 Å². The molecule has 5 nitrogen and oxygen atoms in total. The molecule has 1 heterocycles. The third kappa shape index (κ3) is 6.44. The molecule has 0 aromatic heterocycles. The molecule has 2 aromatic carbocycles. The number of hydrogen-bond acceptors (Lipinski definition) is 5. The van der Waals surface area contributed by atoms with Crippen molar-refractivity contribution in [2.45, 2.75) is 23.8 Å². The first-order valence-corrected chi connectivity index (χ1v) is 12.1. The highest BCUT2D eigenvalue weighted by atomic mass is 35.5. The maximum Gasteiger partial charge on any atom is 0.175 e.